The van der Waals surface area contributed by atoms with Crippen LogP contribution >= 0.6 is 0 Å². The third kappa shape index (κ3) is 2.70. The van der Waals surface area contributed by atoms with Crippen molar-refractivity contribution in [2.75, 3.05) is 21.3 Å². The standard InChI is InChI=1S/C8H13O3Si.Hf/c1-9-12(10-2,11-3)8-6-4-5-7-8;/h4,6H,5H2,1-3H3;/q-1;. The van der Waals surface area contributed by atoms with Gasteiger partial charge in [0.15, 0.2) is 0 Å². The van der Waals surface area contributed by atoms with Crippen LogP contribution in [-0.2, 0) is 39.1 Å². The van der Waals surface area contributed by atoms with Crippen molar-refractivity contribution in [1.29, 1.82) is 0 Å². The van der Waals surface area contributed by atoms with Crippen LogP contribution in [0.25, 0.3) is 0 Å². The average Bonchev–Trinajstić information content (AvgIpc) is 2.62. The van der Waals surface area contributed by atoms with E-state index in [-0.39, 0.29) is 25.8 Å². The quantitative estimate of drug-likeness (QED) is 0.553. The van der Waals surface area contributed by atoms with E-state index < -0.39 is 8.80 Å². The maximum atomic E-state index is 5.26. The van der Waals surface area contributed by atoms with Crippen LogP contribution in [0.2, 0.25) is 0 Å². The SMILES string of the molecule is CO[Si](OC)(OC)C1=[C-]CC=C1.[Hf]. The Hall–Kier alpha value is 0.447. The molecule has 0 aromatic rings. The van der Waals surface area contributed by atoms with E-state index in [1.807, 2.05) is 12.2 Å². The molecule has 0 unspecified atom stereocenters. The largest absolute Gasteiger partial charge is 0.498 e. The van der Waals surface area contributed by atoms with Gasteiger partial charge in [-0.15, -0.1) is 6.42 Å². The molecule has 0 aromatic carbocycles. The molecule has 3 nitrogen and oxygen atoms in total. The molecule has 0 saturated carbocycles. The Labute approximate surface area is 98.9 Å². The van der Waals surface area contributed by atoms with E-state index in [1.165, 1.54) is 0 Å². The summed E-state index contributed by atoms with van der Waals surface area (Å²) in [5, 5.41) is 0.926. The van der Waals surface area contributed by atoms with Crippen LogP contribution < -0.4 is 0 Å². The molecular weight excluding hydrogens is 351 g/mol. The second kappa shape index (κ2) is 6.03. The third-order valence-corrected chi connectivity index (χ3v) is 4.45. The fourth-order valence-corrected chi connectivity index (χ4v) is 3.00. The summed E-state index contributed by atoms with van der Waals surface area (Å²) in [5.74, 6) is 0. The Kier molecular flexibility index (Phi) is 6.24. The summed E-state index contributed by atoms with van der Waals surface area (Å²) >= 11 is 0. The van der Waals surface area contributed by atoms with Crippen LogP contribution in [-0.4, -0.2) is 30.1 Å². The minimum Gasteiger partial charge on any atom is -0.375 e. The van der Waals surface area contributed by atoms with Gasteiger partial charge in [-0.3, -0.25) is 6.08 Å². The number of allylic oxidation sites excluding steroid dienone is 4. The molecule has 0 atom stereocenters. The molecule has 0 fully saturated rings. The van der Waals surface area contributed by atoms with Gasteiger partial charge in [0, 0.05) is 47.2 Å². The van der Waals surface area contributed by atoms with Gasteiger partial charge in [-0.1, -0.05) is 0 Å². The molecule has 0 amide bonds. The van der Waals surface area contributed by atoms with Gasteiger partial charge in [-0.25, -0.2) is 6.08 Å². The third-order valence-electron chi connectivity index (χ3n) is 1.83. The monoisotopic (exact) mass is 365 g/mol. The summed E-state index contributed by atoms with van der Waals surface area (Å²) in [6.07, 6.45) is 7.92. The summed E-state index contributed by atoms with van der Waals surface area (Å²) in [6.45, 7) is 0. The van der Waals surface area contributed by atoms with Gasteiger partial charge in [-0.05, 0) is 0 Å². The van der Waals surface area contributed by atoms with Gasteiger partial charge >= 0.3 is 8.80 Å². The summed E-state index contributed by atoms with van der Waals surface area (Å²) in [5.41, 5.74) is 0. The second-order valence-electron chi connectivity index (χ2n) is 2.37. The van der Waals surface area contributed by atoms with Gasteiger partial charge in [0.05, 0.1) is 0 Å². The second-order valence-corrected chi connectivity index (χ2v) is 5.24. The van der Waals surface area contributed by atoms with Crippen LogP contribution in [0.15, 0.2) is 17.3 Å². The Morgan fingerprint density at radius 2 is 1.77 bits per heavy atom. The van der Waals surface area contributed by atoms with Crippen LogP contribution in [0.1, 0.15) is 6.42 Å². The Balaban J connectivity index is 0.00000144. The van der Waals surface area contributed by atoms with Crippen LogP contribution in [0, 0.1) is 6.08 Å². The first-order valence-corrected chi connectivity index (χ1v) is 5.45. The predicted molar refractivity (Wildman–Crippen MR) is 47.3 cm³/mol. The smallest absolute Gasteiger partial charge is 0.375 e. The fourth-order valence-electron chi connectivity index (χ4n) is 1.19. The number of rotatable bonds is 4. The maximum absolute atomic E-state index is 5.26. The molecule has 0 heterocycles. The zero-order valence-corrected chi connectivity index (χ0v) is 12.7. The zero-order valence-electron chi connectivity index (χ0n) is 8.09. The molecule has 0 aromatic heterocycles. The molecule has 0 saturated heterocycles. The predicted octanol–water partition coefficient (Wildman–Crippen LogP) is 1.09. The molecule has 1 rings (SSSR count). The molecule has 1 aliphatic rings. The molecule has 1 aliphatic carbocycles. The summed E-state index contributed by atoms with van der Waals surface area (Å²) in [7, 11) is 2.23. The van der Waals surface area contributed by atoms with Crippen molar-refractivity contribution < 1.29 is 39.1 Å². The average molecular weight is 364 g/mol. The molecule has 72 valence electrons. The molecule has 0 spiro atoms. The van der Waals surface area contributed by atoms with Crippen molar-refractivity contribution >= 4 is 8.80 Å². The van der Waals surface area contributed by atoms with Crippen molar-refractivity contribution in [3.63, 3.8) is 0 Å². The minimum absolute atomic E-state index is 0. The topological polar surface area (TPSA) is 27.7 Å². The Bertz CT molecular complexity index is 203. The Morgan fingerprint density at radius 3 is 2.08 bits per heavy atom. The van der Waals surface area contributed by atoms with E-state index in [1.54, 1.807) is 21.3 Å². The first-order valence-electron chi connectivity index (χ1n) is 3.72. The molecular formula is C8H13HfO3Si-. The first kappa shape index (κ1) is 13.4. The van der Waals surface area contributed by atoms with Gasteiger partial charge in [-0.2, -0.15) is 11.3 Å². The van der Waals surface area contributed by atoms with E-state index in [2.05, 4.69) is 6.08 Å². The van der Waals surface area contributed by atoms with Crippen molar-refractivity contribution in [3.8, 4) is 0 Å². The first-order chi connectivity index (χ1) is 5.79. The van der Waals surface area contributed by atoms with Crippen molar-refractivity contribution in [1.82, 2.24) is 0 Å². The zero-order chi connectivity index (χ0) is 9.03. The van der Waals surface area contributed by atoms with Gasteiger partial charge in [0.1, 0.15) is 0 Å². The van der Waals surface area contributed by atoms with E-state index in [9.17, 15) is 0 Å². The number of hydrogen-bond donors (Lipinski definition) is 0. The van der Waals surface area contributed by atoms with Crippen LogP contribution in [0.4, 0.5) is 0 Å². The van der Waals surface area contributed by atoms with Crippen molar-refractivity contribution in [3.05, 3.63) is 23.4 Å². The van der Waals surface area contributed by atoms with E-state index in [4.69, 9.17) is 13.3 Å². The van der Waals surface area contributed by atoms with Crippen molar-refractivity contribution in [2.45, 2.75) is 6.42 Å². The van der Waals surface area contributed by atoms with Crippen LogP contribution in [0.5, 0.6) is 0 Å². The molecule has 0 N–H and O–H groups in total. The molecule has 0 radical (unpaired) electrons. The molecule has 13 heavy (non-hydrogen) atoms. The van der Waals surface area contributed by atoms with Crippen LogP contribution in [0.3, 0.4) is 0 Å². The summed E-state index contributed by atoms with van der Waals surface area (Å²) in [6, 6.07) is 0. The van der Waals surface area contributed by atoms with E-state index in [0.29, 0.717) is 0 Å². The van der Waals surface area contributed by atoms with Gasteiger partial charge in [0.25, 0.3) is 0 Å². The minimum atomic E-state index is -2.57. The molecule has 0 bridgehead atoms. The van der Waals surface area contributed by atoms with E-state index >= 15 is 0 Å². The normalized spacial score (nSPS) is 15.5. The number of hydrogen-bond acceptors (Lipinski definition) is 3. The van der Waals surface area contributed by atoms with Crippen molar-refractivity contribution in [2.24, 2.45) is 0 Å². The molecule has 5 heteroatoms. The molecule has 0 aliphatic heterocycles. The summed E-state index contributed by atoms with van der Waals surface area (Å²) < 4.78 is 15.8. The van der Waals surface area contributed by atoms with Gasteiger partial charge < -0.3 is 13.3 Å². The maximum Gasteiger partial charge on any atom is 0.498 e. The Morgan fingerprint density at radius 1 is 1.23 bits per heavy atom. The summed E-state index contributed by atoms with van der Waals surface area (Å²) in [4.78, 5) is 0. The fraction of sp³-hybridized carbons (Fsp3) is 0.500. The van der Waals surface area contributed by atoms with E-state index in [0.717, 1.165) is 11.6 Å². The van der Waals surface area contributed by atoms with Gasteiger partial charge in [0.2, 0.25) is 0 Å².